The Morgan fingerprint density at radius 2 is 2.03 bits per heavy atom. The van der Waals surface area contributed by atoms with Crippen LogP contribution in [0.25, 0.3) is 0 Å². The van der Waals surface area contributed by atoms with Gasteiger partial charge < -0.3 is 20.1 Å². The van der Waals surface area contributed by atoms with Crippen molar-refractivity contribution in [2.75, 3.05) is 5.32 Å². The molecule has 1 amide bonds. The Morgan fingerprint density at radius 3 is 2.73 bits per heavy atom. The van der Waals surface area contributed by atoms with Gasteiger partial charge in [-0.3, -0.25) is 4.79 Å². The highest BCUT2D eigenvalue weighted by Gasteiger charge is 2.19. The molecular formula is C22H23IN6O3S. The Kier molecular flexibility index (Phi) is 8.72. The molecule has 3 rings (SSSR count). The summed E-state index contributed by atoms with van der Waals surface area (Å²) < 4.78 is 3.06. The van der Waals surface area contributed by atoms with Gasteiger partial charge in [-0.05, 0) is 65.9 Å². The number of thioether (sulfide) groups is 1. The zero-order valence-corrected chi connectivity index (χ0v) is 20.7. The first-order valence-corrected chi connectivity index (χ1v) is 11.9. The number of aromatic nitrogens is 3. The lowest BCUT2D eigenvalue weighted by molar-refractivity contribution is -0.120. The number of hydrazone groups is 1. The van der Waals surface area contributed by atoms with E-state index in [1.807, 2.05) is 28.8 Å². The van der Waals surface area contributed by atoms with E-state index in [9.17, 15) is 15.0 Å². The predicted molar refractivity (Wildman–Crippen MR) is 138 cm³/mol. The van der Waals surface area contributed by atoms with Gasteiger partial charge in [-0.25, -0.2) is 5.43 Å². The van der Waals surface area contributed by atoms with Gasteiger partial charge in [-0.1, -0.05) is 17.8 Å². The minimum atomic E-state index is -0.500. The van der Waals surface area contributed by atoms with Crippen LogP contribution in [0.3, 0.4) is 0 Å². The van der Waals surface area contributed by atoms with E-state index in [0.717, 1.165) is 15.1 Å². The van der Waals surface area contributed by atoms with Crippen LogP contribution >= 0.6 is 34.4 Å². The maximum Gasteiger partial charge on any atom is 0.253 e. The Hall–Kier alpha value is -3.06. The summed E-state index contributed by atoms with van der Waals surface area (Å²) in [6, 6.07) is 12.1. The van der Waals surface area contributed by atoms with Crippen molar-refractivity contribution in [3.8, 4) is 11.5 Å². The van der Waals surface area contributed by atoms with E-state index in [-0.39, 0.29) is 17.4 Å². The van der Waals surface area contributed by atoms with Crippen molar-refractivity contribution < 1.29 is 15.0 Å². The van der Waals surface area contributed by atoms with Crippen molar-refractivity contribution in [2.45, 2.75) is 30.4 Å². The van der Waals surface area contributed by atoms with Crippen LogP contribution in [0.5, 0.6) is 11.5 Å². The Balaban J connectivity index is 1.61. The van der Waals surface area contributed by atoms with Gasteiger partial charge in [-0.15, -0.1) is 16.8 Å². The fourth-order valence-electron chi connectivity index (χ4n) is 2.71. The standard InChI is InChI=1S/C22H23IN6O3S/c1-3-10-29-20(13-24-17-7-5-16(23)6-8-17)26-28-22(29)33-14(2)21(32)27-25-12-15-4-9-18(30)11-19(15)31/h3-9,11-12,14,24,30-31H,1,10,13H2,2H3,(H,27,32)/b25-12+/t14-/m1/s1. The molecule has 0 fully saturated rings. The molecule has 172 valence electrons. The van der Waals surface area contributed by atoms with Crippen LogP contribution in [-0.2, 0) is 17.9 Å². The highest BCUT2D eigenvalue weighted by atomic mass is 127. The molecule has 0 radical (unpaired) electrons. The molecule has 1 aromatic heterocycles. The number of allylic oxidation sites excluding steroid dienone is 1. The molecule has 9 nitrogen and oxygen atoms in total. The lowest BCUT2D eigenvalue weighted by atomic mass is 10.2. The van der Waals surface area contributed by atoms with Gasteiger partial charge in [0.1, 0.15) is 11.5 Å². The quantitative estimate of drug-likeness (QED) is 0.0951. The first-order valence-electron chi connectivity index (χ1n) is 9.91. The number of benzene rings is 2. The van der Waals surface area contributed by atoms with Crippen molar-refractivity contribution in [2.24, 2.45) is 5.10 Å². The number of carbonyl (C=O) groups is 1. The first-order chi connectivity index (χ1) is 15.9. The average Bonchev–Trinajstić information content (AvgIpc) is 3.16. The van der Waals surface area contributed by atoms with Crippen LogP contribution in [0.2, 0.25) is 0 Å². The van der Waals surface area contributed by atoms with Crippen LogP contribution in [0, 0.1) is 3.57 Å². The van der Waals surface area contributed by atoms with Crippen molar-refractivity contribution in [1.29, 1.82) is 0 Å². The Morgan fingerprint density at radius 1 is 1.27 bits per heavy atom. The summed E-state index contributed by atoms with van der Waals surface area (Å²) >= 11 is 3.51. The van der Waals surface area contributed by atoms with Crippen molar-refractivity contribution in [3.05, 3.63) is 70.1 Å². The number of amides is 1. The van der Waals surface area contributed by atoms with E-state index >= 15 is 0 Å². The normalized spacial score (nSPS) is 11.9. The van der Waals surface area contributed by atoms with Crippen molar-refractivity contribution in [1.82, 2.24) is 20.2 Å². The molecule has 1 heterocycles. The van der Waals surface area contributed by atoms with E-state index in [1.165, 1.54) is 36.2 Å². The first kappa shape index (κ1) is 24.6. The third-order valence-corrected chi connectivity index (χ3v) is 6.24. The van der Waals surface area contributed by atoms with Gasteiger partial charge in [0.2, 0.25) is 0 Å². The van der Waals surface area contributed by atoms with Gasteiger partial charge in [0.25, 0.3) is 5.91 Å². The summed E-state index contributed by atoms with van der Waals surface area (Å²) in [4.78, 5) is 12.5. The number of nitrogens with one attached hydrogen (secondary N) is 2. The number of phenols is 2. The molecule has 3 aromatic rings. The molecule has 0 aliphatic heterocycles. The maximum atomic E-state index is 12.5. The third kappa shape index (κ3) is 6.96. The Labute approximate surface area is 209 Å². The molecule has 2 aromatic carbocycles. The fraction of sp³-hybridized carbons (Fsp3) is 0.182. The summed E-state index contributed by atoms with van der Waals surface area (Å²) in [7, 11) is 0. The number of hydrogen-bond acceptors (Lipinski definition) is 8. The zero-order valence-electron chi connectivity index (χ0n) is 17.8. The second kappa shape index (κ2) is 11.7. The zero-order chi connectivity index (χ0) is 23.8. The van der Waals surface area contributed by atoms with E-state index in [4.69, 9.17) is 0 Å². The number of carbonyl (C=O) groups excluding carboxylic acids is 1. The summed E-state index contributed by atoms with van der Waals surface area (Å²) in [5.41, 5.74) is 3.79. The SMILES string of the molecule is C=CCn1c(CNc2ccc(I)cc2)nnc1S[C@H](C)C(=O)N/N=C/c1ccc(O)cc1O. The van der Waals surface area contributed by atoms with Crippen LogP contribution in [0.4, 0.5) is 5.69 Å². The summed E-state index contributed by atoms with van der Waals surface area (Å²) in [5, 5.41) is 34.9. The molecule has 0 aliphatic carbocycles. The summed E-state index contributed by atoms with van der Waals surface area (Å²) in [6.07, 6.45) is 3.06. The second-order valence-electron chi connectivity index (χ2n) is 6.90. The maximum absolute atomic E-state index is 12.5. The van der Waals surface area contributed by atoms with Crippen LogP contribution in [0.15, 0.2) is 65.4 Å². The lowest BCUT2D eigenvalue weighted by Crippen LogP contribution is -2.27. The summed E-state index contributed by atoms with van der Waals surface area (Å²) in [6.45, 7) is 6.52. The number of anilines is 1. The van der Waals surface area contributed by atoms with Crippen LogP contribution < -0.4 is 10.7 Å². The third-order valence-electron chi connectivity index (χ3n) is 4.44. The van der Waals surface area contributed by atoms with Gasteiger partial charge in [0.05, 0.1) is 18.0 Å². The second-order valence-corrected chi connectivity index (χ2v) is 9.45. The molecule has 11 heteroatoms. The topological polar surface area (TPSA) is 125 Å². The number of nitrogens with zero attached hydrogens (tertiary/aromatic N) is 4. The Bertz CT molecular complexity index is 1150. The number of hydrogen-bond donors (Lipinski definition) is 4. The van der Waals surface area contributed by atoms with Gasteiger partial charge in [-0.2, -0.15) is 5.10 Å². The molecule has 0 saturated heterocycles. The minimum Gasteiger partial charge on any atom is -0.508 e. The fourth-order valence-corrected chi connectivity index (χ4v) is 3.94. The largest absolute Gasteiger partial charge is 0.508 e. The van der Waals surface area contributed by atoms with E-state index in [0.29, 0.717) is 23.8 Å². The molecule has 1 atom stereocenters. The molecule has 0 spiro atoms. The predicted octanol–water partition coefficient (Wildman–Crippen LogP) is 3.72. The average molecular weight is 578 g/mol. The van der Waals surface area contributed by atoms with Gasteiger partial charge in [0, 0.05) is 27.4 Å². The smallest absolute Gasteiger partial charge is 0.253 e. The number of aromatic hydroxyl groups is 2. The highest BCUT2D eigenvalue weighted by molar-refractivity contribution is 14.1. The van der Waals surface area contributed by atoms with Gasteiger partial charge in [0.15, 0.2) is 11.0 Å². The van der Waals surface area contributed by atoms with Crippen LogP contribution in [0.1, 0.15) is 18.3 Å². The highest BCUT2D eigenvalue weighted by Crippen LogP contribution is 2.24. The molecular weight excluding hydrogens is 555 g/mol. The van der Waals surface area contributed by atoms with Crippen molar-refractivity contribution in [3.63, 3.8) is 0 Å². The number of rotatable bonds is 10. The monoisotopic (exact) mass is 578 g/mol. The number of halogens is 1. The lowest BCUT2D eigenvalue weighted by Gasteiger charge is -2.12. The van der Waals surface area contributed by atoms with Crippen molar-refractivity contribution >= 4 is 52.2 Å². The molecule has 0 bridgehead atoms. The van der Waals surface area contributed by atoms with Crippen LogP contribution in [-0.4, -0.2) is 42.3 Å². The molecule has 0 aliphatic rings. The summed E-state index contributed by atoms with van der Waals surface area (Å²) in [5.74, 6) is 0.195. The van der Waals surface area contributed by atoms with E-state index in [1.54, 1.807) is 13.0 Å². The van der Waals surface area contributed by atoms with Gasteiger partial charge >= 0.3 is 0 Å². The molecule has 0 unspecified atom stereocenters. The molecule has 33 heavy (non-hydrogen) atoms. The molecule has 4 N–H and O–H groups in total. The molecule has 0 saturated carbocycles. The number of phenolic OH excluding ortho intramolecular Hbond substituents is 2. The minimum absolute atomic E-state index is 0.0598. The van der Waals surface area contributed by atoms with E-state index < -0.39 is 5.25 Å². The van der Waals surface area contributed by atoms with E-state index in [2.05, 4.69) is 55.2 Å².